The molecule has 0 aliphatic heterocycles. The van der Waals surface area contributed by atoms with Gasteiger partial charge in [0.1, 0.15) is 12.2 Å². The minimum atomic E-state index is -1.23. The van der Waals surface area contributed by atoms with E-state index in [1.54, 1.807) is 0 Å². The van der Waals surface area contributed by atoms with Crippen LogP contribution in [0, 0.1) is 0 Å². The molecule has 0 bridgehead atoms. The van der Waals surface area contributed by atoms with Crippen molar-refractivity contribution in [1.29, 1.82) is 0 Å². The number of benzene rings is 3. The Morgan fingerprint density at radius 2 is 1.07 bits per heavy atom. The Morgan fingerprint density at radius 3 is 1.50 bits per heavy atom. The smallest absolute Gasteiger partial charge is 0.336 e. The number of aromatic carboxylic acids is 2. The summed E-state index contributed by atoms with van der Waals surface area (Å²) in [4.78, 5) is 20.9. The van der Waals surface area contributed by atoms with E-state index in [1.807, 2.05) is 0 Å². The Morgan fingerprint density at radius 1 is 0.679 bits per heavy atom. The van der Waals surface area contributed by atoms with Crippen LogP contribution >= 0.6 is 0 Å². The zero-order chi connectivity index (χ0) is 20.6. The maximum Gasteiger partial charge on any atom is 0.336 e. The first-order chi connectivity index (χ1) is 13.3. The van der Waals surface area contributed by atoms with E-state index in [1.165, 1.54) is 35.5 Å². The van der Waals surface area contributed by atoms with Crippen molar-refractivity contribution in [3.05, 3.63) is 102 Å². The maximum absolute atomic E-state index is 10.5. The molecule has 0 aliphatic carbocycles. The van der Waals surface area contributed by atoms with Crippen LogP contribution in [-0.4, -0.2) is 36.2 Å². The lowest BCUT2D eigenvalue weighted by Crippen LogP contribution is -2.39. The summed E-state index contributed by atoms with van der Waals surface area (Å²) in [6, 6.07) is 26.7. The van der Waals surface area contributed by atoms with E-state index in [0.717, 1.165) is 11.0 Å². The van der Waals surface area contributed by atoms with Gasteiger partial charge in [-0.05, 0) is 24.3 Å². The van der Waals surface area contributed by atoms with Crippen LogP contribution in [0.3, 0.4) is 0 Å². The van der Waals surface area contributed by atoms with Crippen molar-refractivity contribution in [1.82, 2.24) is 4.48 Å². The molecule has 28 heavy (non-hydrogen) atoms. The summed E-state index contributed by atoms with van der Waals surface area (Å²) in [5.41, 5.74) is 2.33. The van der Waals surface area contributed by atoms with Crippen molar-refractivity contribution in [3.8, 4) is 0 Å². The standard InChI is InChI=1S/C15H18N.C8H6O4/c1-16(2,15-11-7-4-8-12-15)13-14-9-5-3-6-10-14;9-7(10)5-3-1-2-4-6(5)8(11)12/h3-12H,13H2,1-2H3;1-4H,(H,9,10)(H,11,12)/q+1;. The fourth-order valence-corrected chi connectivity index (χ4v) is 2.82. The lowest BCUT2D eigenvalue weighted by atomic mass is 10.1. The van der Waals surface area contributed by atoms with Crippen LogP contribution in [0.1, 0.15) is 26.3 Å². The molecule has 0 amide bonds. The number of carbonyl (C=O) groups is 2. The minimum absolute atomic E-state index is 0.190. The summed E-state index contributed by atoms with van der Waals surface area (Å²) in [5.74, 6) is -2.46. The summed E-state index contributed by atoms with van der Waals surface area (Å²) in [6.07, 6.45) is 0. The van der Waals surface area contributed by atoms with Crippen LogP contribution < -0.4 is 4.48 Å². The number of quaternary nitrogens is 1. The van der Waals surface area contributed by atoms with Gasteiger partial charge < -0.3 is 10.2 Å². The predicted octanol–water partition coefficient (Wildman–Crippen LogP) is 4.54. The number of hydrogen-bond donors (Lipinski definition) is 2. The highest BCUT2D eigenvalue weighted by atomic mass is 16.4. The molecule has 0 unspecified atom stereocenters. The molecule has 5 nitrogen and oxygen atoms in total. The normalized spacial score (nSPS) is 10.5. The third-order valence-corrected chi connectivity index (χ3v) is 4.26. The van der Waals surface area contributed by atoms with Crippen molar-refractivity contribution >= 4 is 17.6 Å². The second kappa shape index (κ2) is 9.48. The first-order valence-corrected chi connectivity index (χ1v) is 8.79. The quantitative estimate of drug-likeness (QED) is 0.640. The summed E-state index contributed by atoms with van der Waals surface area (Å²) in [7, 11) is 4.48. The number of nitrogens with zero attached hydrogens (tertiary/aromatic N) is 1. The van der Waals surface area contributed by atoms with Crippen LogP contribution in [-0.2, 0) is 6.54 Å². The second-order valence-corrected chi connectivity index (χ2v) is 6.82. The van der Waals surface area contributed by atoms with Gasteiger partial charge in [-0.3, -0.25) is 4.48 Å². The topological polar surface area (TPSA) is 74.6 Å². The van der Waals surface area contributed by atoms with Crippen molar-refractivity contribution in [3.63, 3.8) is 0 Å². The second-order valence-electron chi connectivity index (χ2n) is 6.82. The highest BCUT2D eigenvalue weighted by molar-refractivity contribution is 6.01. The molecule has 0 atom stereocenters. The molecule has 3 rings (SSSR count). The highest BCUT2D eigenvalue weighted by Gasteiger charge is 2.18. The molecule has 5 heteroatoms. The zero-order valence-corrected chi connectivity index (χ0v) is 15.9. The summed E-state index contributed by atoms with van der Waals surface area (Å²) >= 11 is 0. The van der Waals surface area contributed by atoms with Crippen LogP contribution in [0.4, 0.5) is 5.69 Å². The highest BCUT2D eigenvalue weighted by Crippen LogP contribution is 2.21. The third kappa shape index (κ3) is 5.79. The van der Waals surface area contributed by atoms with Gasteiger partial charge in [-0.2, -0.15) is 0 Å². The van der Waals surface area contributed by atoms with Crippen molar-refractivity contribution < 1.29 is 19.8 Å². The SMILES string of the molecule is C[N+](C)(Cc1ccccc1)c1ccccc1.O=C(O)c1ccccc1C(=O)O. The van der Waals surface area contributed by atoms with Crippen LogP contribution in [0.25, 0.3) is 0 Å². The molecule has 0 heterocycles. The molecule has 0 spiro atoms. The molecule has 0 saturated heterocycles. The van der Waals surface area contributed by atoms with E-state index in [0.29, 0.717) is 0 Å². The van der Waals surface area contributed by atoms with Gasteiger partial charge in [-0.15, -0.1) is 0 Å². The third-order valence-electron chi connectivity index (χ3n) is 4.26. The molecule has 2 N–H and O–H groups in total. The van der Waals surface area contributed by atoms with Gasteiger partial charge in [0.25, 0.3) is 0 Å². The van der Waals surface area contributed by atoms with Gasteiger partial charge in [0.05, 0.1) is 25.2 Å². The van der Waals surface area contributed by atoms with Gasteiger partial charge in [0.2, 0.25) is 0 Å². The fraction of sp³-hybridized carbons (Fsp3) is 0.130. The van der Waals surface area contributed by atoms with Crippen LogP contribution in [0.15, 0.2) is 84.9 Å². The molecule has 0 radical (unpaired) electrons. The number of para-hydroxylation sites is 1. The van der Waals surface area contributed by atoms with E-state index < -0.39 is 11.9 Å². The first kappa shape index (κ1) is 20.9. The maximum atomic E-state index is 10.5. The van der Waals surface area contributed by atoms with E-state index in [2.05, 4.69) is 74.8 Å². The van der Waals surface area contributed by atoms with E-state index in [4.69, 9.17) is 10.2 Å². The lowest BCUT2D eigenvalue weighted by Gasteiger charge is -2.29. The van der Waals surface area contributed by atoms with E-state index >= 15 is 0 Å². The van der Waals surface area contributed by atoms with Gasteiger partial charge in [-0.25, -0.2) is 9.59 Å². The number of rotatable bonds is 5. The molecular formula is C23H24NO4+. The largest absolute Gasteiger partial charge is 0.478 e. The van der Waals surface area contributed by atoms with Crippen molar-refractivity contribution in [2.45, 2.75) is 6.54 Å². The summed E-state index contributed by atoms with van der Waals surface area (Å²) in [5, 5.41) is 17.1. The van der Waals surface area contributed by atoms with E-state index in [9.17, 15) is 9.59 Å². The Kier molecular flexibility index (Phi) is 7.07. The number of carboxylic acid groups (broad SMARTS) is 2. The van der Waals surface area contributed by atoms with Gasteiger partial charge >= 0.3 is 11.9 Å². The minimum Gasteiger partial charge on any atom is -0.478 e. The van der Waals surface area contributed by atoms with Crippen LogP contribution in [0.5, 0.6) is 0 Å². The van der Waals surface area contributed by atoms with Crippen molar-refractivity contribution in [2.24, 2.45) is 0 Å². The molecular weight excluding hydrogens is 354 g/mol. The predicted molar refractivity (Wildman–Crippen MR) is 111 cm³/mol. The van der Waals surface area contributed by atoms with Gasteiger partial charge in [0.15, 0.2) is 0 Å². The summed E-state index contributed by atoms with van der Waals surface area (Å²) in [6.45, 7) is 1.02. The molecule has 3 aromatic carbocycles. The Labute approximate surface area is 164 Å². The molecule has 144 valence electrons. The molecule has 3 aromatic rings. The molecule has 0 fully saturated rings. The average molecular weight is 378 g/mol. The Hall–Kier alpha value is -3.44. The van der Waals surface area contributed by atoms with Crippen LogP contribution in [0.2, 0.25) is 0 Å². The zero-order valence-electron chi connectivity index (χ0n) is 15.9. The molecule has 0 saturated carbocycles. The lowest BCUT2D eigenvalue weighted by molar-refractivity contribution is 0.0651. The van der Waals surface area contributed by atoms with Crippen molar-refractivity contribution in [2.75, 3.05) is 14.1 Å². The Balaban J connectivity index is 0.000000209. The average Bonchev–Trinajstić information content (AvgIpc) is 2.69. The van der Waals surface area contributed by atoms with Gasteiger partial charge in [0, 0.05) is 5.56 Å². The number of carboxylic acids is 2. The van der Waals surface area contributed by atoms with E-state index in [-0.39, 0.29) is 11.1 Å². The first-order valence-electron chi connectivity index (χ1n) is 8.79. The summed E-state index contributed by atoms with van der Waals surface area (Å²) < 4.78 is 0.880. The molecule has 0 aromatic heterocycles. The fourth-order valence-electron chi connectivity index (χ4n) is 2.82. The van der Waals surface area contributed by atoms with Gasteiger partial charge in [-0.1, -0.05) is 60.7 Å². The molecule has 0 aliphatic rings. The monoisotopic (exact) mass is 378 g/mol. The Bertz CT molecular complexity index is 889. The number of hydrogen-bond acceptors (Lipinski definition) is 2.